The maximum atomic E-state index is 10.7. The first-order valence-electron chi connectivity index (χ1n) is 3.44. The van der Waals surface area contributed by atoms with Crippen LogP contribution in [0.15, 0.2) is 0 Å². The number of hydrogen-bond acceptors (Lipinski definition) is 8. The number of ketones is 1. The van der Waals surface area contributed by atoms with Crippen LogP contribution >= 0.6 is 7.82 Å². The van der Waals surface area contributed by atoms with Gasteiger partial charge in [-0.1, -0.05) is 0 Å². The Kier molecular flexibility index (Phi) is 5.38. The van der Waals surface area contributed by atoms with E-state index >= 15 is 0 Å². The molecule has 0 heterocycles. The highest BCUT2D eigenvalue weighted by atomic mass is 31.2. The van der Waals surface area contributed by atoms with Crippen molar-refractivity contribution in [2.75, 3.05) is 13.2 Å². The SMILES string of the molecule is O=C(COP(=O)([O-])[O-])[C@H](O)[C@@H](O)CO. The third-order valence-electron chi connectivity index (χ3n) is 1.25. The molecule has 0 aromatic carbocycles. The lowest BCUT2D eigenvalue weighted by atomic mass is 10.1. The molecule has 0 aromatic heterocycles. The van der Waals surface area contributed by atoms with Gasteiger partial charge in [0, 0.05) is 0 Å². The zero-order valence-corrected chi connectivity index (χ0v) is 7.79. The molecule has 0 rings (SSSR count). The second kappa shape index (κ2) is 5.52. The third-order valence-corrected chi connectivity index (χ3v) is 1.69. The van der Waals surface area contributed by atoms with E-state index in [1.54, 1.807) is 0 Å². The largest absolute Gasteiger partial charge is 0.790 e. The van der Waals surface area contributed by atoms with E-state index in [2.05, 4.69) is 4.52 Å². The van der Waals surface area contributed by atoms with Crippen molar-refractivity contribution in [1.29, 1.82) is 0 Å². The van der Waals surface area contributed by atoms with Gasteiger partial charge in [0.2, 0.25) is 0 Å². The average molecular weight is 228 g/mol. The first kappa shape index (κ1) is 13.7. The molecule has 0 spiro atoms. The van der Waals surface area contributed by atoms with Crippen LogP contribution in [0, 0.1) is 0 Å². The van der Waals surface area contributed by atoms with Gasteiger partial charge in [-0.2, -0.15) is 0 Å². The Bertz CT molecular complexity index is 234. The van der Waals surface area contributed by atoms with Crippen molar-refractivity contribution in [3.8, 4) is 0 Å². The summed E-state index contributed by atoms with van der Waals surface area (Å²) in [5, 5.41) is 25.9. The third kappa shape index (κ3) is 5.40. The fraction of sp³-hybridized carbons (Fsp3) is 0.800. The number of phosphoric ester groups is 1. The highest BCUT2D eigenvalue weighted by molar-refractivity contribution is 7.43. The molecule has 0 aliphatic rings. The van der Waals surface area contributed by atoms with E-state index in [1.165, 1.54) is 0 Å². The molecular weight excluding hydrogens is 219 g/mol. The molecule has 0 saturated heterocycles. The molecule has 0 amide bonds. The standard InChI is InChI=1S/C5H11O8P/c6-1-3(7)5(9)4(8)2-13-14(10,11)12/h3,5-7,9H,1-2H2,(H2,10,11,12)/p-2/t3-,5+/m0/s1. The highest BCUT2D eigenvalue weighted by Crippen LogP contribution is 2.24. The quantitative estimate of drug-likeness (QED) is 0.390. The summed E-state index contributed by atoms with van der Waals surface area (Å²) < 4.78 is 13.5. The smallest absolute Gasteiger partial charge is 0.189 e. The first-order chi connectivity index (χ1) is 6.28. The highest BCUT2D eigenvalue weighted by Gasteiger charge is 2.23. The number of rotatable bonds is 6. The van der Waals surface area contributed by atoms with Crippen LogP contribution in [0.1, 0.15) is 0 Å². The van der Waals surface area contributed by atoms with Gasteiger partial charge in [0.1, 0.15) is 18.8 Å². The normalized spacial score (nSPS) is 16.4. The lowest BCUT2D eigenvalue weighted by molar-refractivity contribution is -0.341. The summed E-state index contributed by atoms with van der Waals surface area (Å²) in [6.45, 7) is -2.04. The minimum absolute atomic E-state index is 0.876. The molecule has 0 bridgehead atoms. The molecule has 2 atom stereocenters. The van der Waals surface area contributed by atoms with E-state index in [0.29, 0.717) is 0 Å². The summed E-state index contributed by atoms with van der Waals surface area (Å²) in [5.41, 5.74) is 0. The molecule has 0 aliphatic heterocycles. The first-order valence-corrected chi connectivity index (χ1v) is 4.90. The fourth-order valence-corrected chi connectivity index (χ4v) is 0.828. The monoisotopic (exact) mass is 228 g/mol. The second-order valence-electron chi connectivity index (χ2n) is 2.38. The van der Waals surface area contributed by atoms with Gasteiger partial charge >= 0.3 is 0 Å². The number of carbonyl (C=O) groups excluding carboxylic acids is 1. The maximum absolute atomic E-state index is 10.7. The second-order valence-corrected chi connectivity index (χ2v) is 3.53. The van der Waals surface area contributed by atoms with Crippen LogP contribution in [-0.4, -0.2) is 46.5 Å². The molecule has 0 radical (unpaired) electrons. The Labute approximate surface area is 79.0 Å². The predicted molar refractivity (Wildman–Crippen MR) is 37.7 cm³/mol. The Hall–Kier alpha value is -0.340. The van der Waals surface area contributed by atoms with Gasteiger partial charge in [-0.3, -0.25) is 4.79 Å². The molecule has 8 nitrogen and oxygen atoms in total. The van der Waals surface area contributed by atoms with Gasteiger partial charge in [0.25, 0.3) is 0 Å². The van der Waals surface area contributed by atoms with Crippen molar-refractivity contribution >= 4 is 13.6 Å². The summed E-state index contributed by atoms with van der Waals surface area (Å²) in [6, 6.07) is 0. The van der Waals surface area contributed by atoms with E-state index < -0.39 is 39.0 Å². The number of phosphoric acid groups is 1. The number of carbonyl (C=O) groups is 1. The lowest BCUT2D eigenvalue weighted by Gasteiger charge is -2.28. The molecule has 0 unspecified atom stereocenters. The van der Waals surface area contributed by atoms with Gasteiger partial charge in [0.15, 0.2) is 5.78 Å². The zero-order valence-electron chi connectivity index (χ0n) is 6.90. The van der Waals surface area contributed by atoms with Crippen molar-refractivity contribution < 1.29 is 39.0 Å². The Morgan fingerprint density at radius 2 is 1.93 bits per heavy atom. The van der Waals surface area contributed by atoms with Crippen molar-refractivity contribution in [1.82, 2.24) is 0 Å². The zero-order chi connectivity index (χ0) is 11.4. The molecule has 9 heteroatoms. The topological polar surface area (TPSA) is 150 Å². The summed E-state index contributed by atoms with van der Waals surface area (Å²) in [7, 11) is -5.27. The van der Waals surface area contributed by atoms with Crippen LogP contribution in [0.4, 0.5) is 0 Å². The van der Waals surface area contributed by atoms with Crippen LogP contribution in [-0.2, 0) is 13.9 Å². The molecule has 0 aliphatic carbocycles. The van der Waals surface area contributed by atoms with Gasteiger partial charge < -0.3 is 34.2 Å². The predicted octanol–water partition coefficient (Wildman–Crippen LogP) is -3.89. The Balaban J connectivity index is 4.03. The molecule has 3 N–H and O–H groups in total. The number of hydrogen-bond donors (Lipinski definition) is 3. The van der Waals surface area contributed by atoms with Gasteiger partial charge in [-0.25, -0.2) is 0 Å². The van der Waals surface area contributed by atoms with Crippen LogP contribution in [0.5, 0.6) is 0 Å². The molecular formula is C5H9O8P-2. The molecule has 14 heavy (non-hydrogen) atoms. The van der Waals surface area contributed by atoms with Crippen molar-refractivity contribution in [3.05, 3.63) is 0 Å². The molecule has 84 valence electrons. The number of aliphatic hydroxyl groups excluding tert-OH is 3. The van der Waals surface area contributed by atoms with Crippen molar-refractivity contribution in [2.45, 2.75) is 12.2 Å². The minimum Gasteiger partial charge on any atom is -0.790 e. The van der Waals surface area contributed by atoms with Crippen LogP contribution in [0.25, 0.3) is 0 Å². The minimum atomic E-state index is -5.27. The molecule has 0 fully saturated rings. The maximum Gasteiger partial charge on any atom is 0.189 e. The molecule has 0 aromatic rings. The summed E-state index contributed by atoms with van der Waals surface area (Å²) in [6.07, 6.45) is -3.71. The van der Waals surface area contributed by atoms with E-state index in [0.717, 1.165) is 0 Å². The van der Waals surface area contributed by atoms with Crippen molar-refractivity contribution in [2.24, 2.45) is 0 Å². The lowest BCUT2D eigenvalue weighted by Crippen LogP contribution is -2.38. The summed E-state index contributed by atoms with van der Waals surface area (Å²) in [4.78, 5) is 30.5. The van der Waals surface area contributed by atoms with Gasteiger partial charge in [-0.15, -0.1) is 0 Å². The van der Waals surface area contributed by atoms with E-state index in [4.69, 9.17) is 15.3 Å². The average Bonchev–Trinajstić information content (AvgIpc) is 2.10. The number of aliphatic hydroxyl groups is 3. The Morgan fingerprint density at radius 1 is 1.43 bits per heavy atom. The number of Topliss-reactive ketones (excluding diaryl/α,β-unsaturated/α-hetero) is 1. The van der Waals surface area contributed by atoms with Crippen LogP contribution < -0.4 is 9.79 Å². The van der Waals surface area contributed by atoms with Crippen LogP contribution in [0.2, 0.25) is 0 Å². The van der Waals surface area contributed by atoms with E-state index in [1.807, 2.05) is 0 Å². The van der Waals surface area contributed by atoms with Crippen LogP contribution in [0.3, 0.4) is 0 Å². The Morgan fingerprint density at radius 3 is 2.29 bits per heavy atom. The van der Waals surface area contributed by atoms with E-state index in [-0.39, 0.29) is 0 Å². The molecule has 0 saturated carbocycles. The van der Waals surface area contributed by atoms with Gasteiger partial charge in [-0.05, 0) is 0 Å². The summed E-state index contributed by atoms with van der Waals surface area (Å²) in [5.74, 6) is -1.21. The summed E-state index contributed by atoms with van der Waals surface area (Å²) >= 11 is 0. The van der Waals surface area contributed by atoms with E-state index in [9.17, 15) is 19.1 Å². The fourth-order valence-electron chi connectivity index (χ4n) is 0.542. The van der Waals surface area contributed by atoms with Gasteiger partial charge in [0.05, 0.1) is 14.4 Å². The van der Waals surface area contributed by atoms with Crippen molar-refractivity contribution in [3.63, 3.8) is 0 Å².